The van der Waals surface area contributed by atoms with Gasteiger partial charge in [-0.2, -0.15) is 0 Å². The maximum absolute atomic E-state index is 14.2. The predicted molar refractivity (Wildman–Crippen MR) is 137 cm³/mol. The van der Waals surface area contributed by atoms with Crippen LogP contribution >= 0.6 is 0 Å². The minimum absolute atomic E-state index is 0.0142. The van der Waals surface area contributed by atoms with E-state index in [4.69, 9.17) is 28.4 Å². The highest BCUT2D eigenvalue weighted by Gasteiger charge is 2.87. The Labute approximate surface area is 237 Å². The molecule has 11 heteroatoms. The number of cyclic esters (lactones) is 1. The number of methoxy groups -OCH3 is 1. The zero-order chi connectivity index (χ0) is 28.9. The number of esters is 1. The zero-order valence-electron chi connectivity index (χ0n) is 23.5. The number of ketones is 1. The third-order valence-corrected chi connectivity index (χ3v) is 11.7. The Bertz CT molecular complexity index is 1350. The lowest BCUT2D eigenvalue weighted by Gasteiger charge is -2.62. The van der Waals surface area contributed by atoms with Crippen molar-refractivity contribution >= 4 is 11.8 Å². The number of rotatable bonds is 2. The molecule has 3 saturated heterocycles. The van der Waals surface area contributed by atoms with E-state index in [0.717, 1.165) is 5.57 Å². The second kappa shape index (κ2) is 7.95. The van der Waals surface area contributed by atoms with E-state index >= 15 is 0 Å². The smallest absolute Gasteiger partial charge is 0.331 e. The van der Waals surface area contributed by atoms with Crippen molar-refractivity contribution in [2.45, 2.75) is 106 Å². The Hall–Kier alpha value is -1.96. The van der Waals surface area contributed by atoms with Crippen LogP contribution in [0.4, 0.5) is 0 Å². The molecular formula is C30H36O11. The van der Waals surface area contributed by atoms with Gasteiger partial charge in [-0.15, -0.1) is 0 Å². The summed E-state index contributed by atoms with van der Waals surface area (Å²) in [5, 5.41) is 36.0. The van der Waals surface area contributed by atoms with Crippen LogP contribution in [0.2, 0.25) is 0 Å². The van der Waals surface area contributed by atoms with Gasteiger partial charge in [-0.3, -0.25) is 4.79 Å². The van der Waals surface area contributed by atoms with Crippen LogP contribution in [0.1, 0.15) is 46.5 Å². The van der Waals surface area contributed by atoms with Crippen molar-refractivity contribution in [2.75, 3.05) is 13.7 Å². The SMILES string of the molecule is CO[C@@H]1C[C@@H](C)O[C@H]2O[C@@H]3C=C4C[C@@H]5O[C@]56[C@H]([C@H](O)C(=O)[C@]5(C)C(C7=CC(=O)OC7)=CC[C@@]56O)[C@@]4(C)C[C@H]3O[C@]21O. The Balaban J connectivity index is 1.18. The van der Waals surface area contributed by atoms with Crippen LogP contribution in [0.25, 0.3) is 0 Å². The molecule has 0 amide bonds. The molecule has 222 valence electrons. The van der Waals surface area contributed by atoms with Crippen LogP contribution in [0.5, 0.6) is 0 Å². The summed E-state index contributed by atoms with van der Waals surface area (Å²) in [6.07, 6.45) is 1.56. The van der Waals surface area contributed by atoms with Gasteiger partial charge in [0.25, 0.3) is 0 Å². The molecule has 0 bridgehead atoms. The van der Waals surface area contributed by atoms with Crippen molar-refractivity contribution in [2.24, 2.45) is 16.7 Å². The van der Waals surface area contributed by atoms with Crippen LogP contribution in [0.15, 0.2) is 34.9 Å². The Kier molecular flexibility index (Phi) is 5.17. The zero-order valence-corrected chi connectivity index (χ0v) is 23.5. The van der Waals surface area contributed by atoms with Crippen LogP contribution < -0.4 is 0 Å². The number of hydrogen-bond acceptors (Lipinski definition) is 11. The summed E-state index contributed by atoms with van der Waals surface area (Å²) >= 11 is 0. The molecule has 0 radical (unpaired) electrons. The van der Waals surface area contributed by atoms with Gasteiger partial charge in [-0.1, -0.05) is 24.6 Å². The topological polar surface area (TPSA) is 154 Å². The molecule has 11 nitrogen and oxygen atoms in total. The molecule has 8 aliphatic rings. The van der Waals surface area contributed by atoms with Gasteiger partial charge in [-0.25, -0.2) is 4.79 Å². The first-order valence-corrected chi connectivity index (χ1v) is 14.5. The maximum Gasteiger partial charge on any atom is 0.331 e. The summed E-state index contributed by atoms with van der Waals surface area (Å²) < 4.78 is 35.7. The van der Waals surface area contributed by atoms with E-state index < -0.39 is 82.3 Å². The Morgan fingerprint density at radius 3 is 2.61 bits per heavy atom. The average molecular weight is 573 g/mol. The lowest BCUT2D eigenvalue weighted by atomic mass is 9.43. The maximum atomic E-state index is 14.2. The van der Waals surface area contributed by atoms with Gasteiger partial charge < -0.3 is 43.7 Å². The fourth-order valence-corrected chi connectivity index (χ4v) is 9.66. The largest absolute Gasteiger partial charge is 0.458 e. The van der Waals surface area contributed by atoms with Crippen LogP contribution in [0.3, 0.4) is 0 Å². The van der Waals surface area contributed by atoms with Gasteiger partial charge in [0.2, 0.25) is 12.1 Å². The average Bonchev–Trinajstić information content (AvgIpc) is 3.36. The molecule has 2 saturated carbocycles. The van der Waals surface area contributed by atoms with E-state index in [-0.39, 0.29) is 19.1 Å². The van der Waals surface area contributed by atoms with E-state index in [1.54, 1.807) is 13.0 Å². The van der Waals surface area contributed by atoms with Gasteiger partial charge in [0.1, 0.15) is 36.1 Å². The Morgan fingerprint density at radius 2 is 1.90 bits per heavy atom. The fourth-order valence-electron chi connectivity index (χ4n) is 9.66. The number of aliphatic hydroxyl groups excluding tert-OH is 1. The van der Waals surface area contributed by atoms with Crippen molar-refractivity contribution in [3.05, 3.63) is 34.9 Å². The quantitative estimate of drug-likeness (QED) is 0.242. The molecule has 0 unspecified atom stereocenters. The highest BCUT2D eigenvalue weighted by atomic mass is 16.8. The van der Waals surface area contributed by atoms with Crippen molar-refractivity contribution in [1.29, 1.82) is 0 Å². The molecule has 4 aliphatic heterocycles. The van der Waals surface area contributed by atoms with Crippen molar-refractivity contribution in [3.8, 4) is 0 Å². The summed E-state index contributed by atoms with van der Waals surface area (Å²) in [6, 6.07) is 0. The summed E-state index contributed by atoms with van der Waals surface area (Å²) in [6.45, 7) is 5.53. The third-order valence-electron chi connectivity index (χ3n) is 11.7. The molecule has 4 heterocycles. The molecule has 0 aromatic rings. The summed E-state index contributed by atoms with van der Waals surface area (Å²) in [5.41, 5.74) is -3.11. The minimum atomic E-state index is -1.83. The number of aliphatic hydroxyl groups is 3. The lowest BCUT2D eigenvalue weighted by Crippen LogP contribution is -2.75. The number of Topliss-reactive ketones (excluding diaryl/α,β-unsaturated/α-hetero) is 1. The van der Waals surface area contributed by atoms with Crippen molar-refractivity contribution in [3.63, 3.8) is 0 Å². The molecule has 1 spiro atoms. The van der Waals surface area contributed by atoms with Gasteiger partial charge >= 0.3 is 5.97 Å². The van der Waals surface area contributed by atoms with Crippen LogP contribution in [-0.4, -0.2) is 101 Å². The molecule has 3 N–H and O–H groups in total. The van der Waals surface area contributed by atoms with Gasteiger partial charge in [0.15, 0.2) is 5.78 Å². The lowest BCUT2D eigenvalue weighted by molar-refractivity contribution is -0.450. The standard InChI is InChI=1S/C30H36O11/c1-13-7-20(36-4)30(35)25(38-13)39-17-9-15-10-19-29(41-19)23(26(15,2)11-18(17)40-30)22(32)24(33)27(3)16(5-6-28(27,29)34)14-8-21(31)37-12-14/h5,8-9,13,17-20,22-23,25,32,34-35H,6-7,10-12H2,1-4H3/t13-,17-,18-,19+,20-,22+,23-,25+,26+,27+,28-,29+,30+/m1/s1. The first-order valence-electron chi connectivity index (χ1n) is 14.5. The van der Waals surface area contributed by atoms with Gasteiger partial charge in [0.05, 0.1) is 23.7 Å². The number of carbonyl (C=O) groups excluding carboxylic acids is 2. The third kappa shape index (κ3) is 2.92. The normalized spacial score (nSPS) is 56.6. The number of carbonyl (C=O) groups is 2. The Morgan fingerprint density at radius 1 is 1.12 bits per heavy atom. The fraction of sp³-hybridized carbons (Fsp3) is 0.733. The molecule has 5 fully saturated rings. The first kappa shape index (κ1) is 26.7. The van der Waals surface area contributed by atoms with E-state index in [1.165, 1.54) is 13.2 Å². The highest BCUT2D eigenvalue weighted by molar-refractivity contribution is 5.98. The summed E-state index contributed by atoms with van der Waals surface area (Å²) in [4.78, 5) is 26.1. The van der Waals surface area contributed by atoms with Crippen LogP contribution in [-0.2, 0) is 38.0 Å². The van der Waals surface area contributed by atoms with Gasteiger partial charge in [0, 0.05) is 31.1 Å². The van der Waals surface area contributed by atoms with Crippen LogP contribution in [0, 0.1) is 16.7 Å². The van der Waals surface area contributed by atoms with E-state index in [0.29, 0.717) is 30.4 Å². The first-order chi connectivity index (χ1) is 19.3. The monoisotopic (exact) mass is 572 g/mol. The number of epoxide rings is 1. The summed E-state index contributed by atoms with van der Waals surface area (Å²) in [5.74, 6) is -3.60. The second-order valence-corrected chi connectivity index (χ2v) is 13.5. The highest BCUT2D eigenvalue weighted by Crippen LogP contribution is 2.75. The number of ether oxygens (including phenoxy) is 6. The minimum Gasteiger partial charge on any atom is -0.458 e. The predicted octanol–water partition coefficient (Wildman–Crippen LogP) is 0.597. The molecule has 0 aromatic carbocycles. The second-order valence-electron chi connectivity index (χ2n) is 13.5. The van der Waals surface area contributed by atoms with Crippen molar-refractivity contribution in [1.82, 2.24) is 0 Å². The van der Waals surface area contributed by atoms with Crippen molar-refractivity contribution < 1.29 is 53.3 Å². The molecular weight excluding hydrogens is 536 g/mol. The number of fused-ring (bicyclic) bond motifs is 5. The van der Waals surface area contributed by atoms with Gasteiger partial charge in [-0.05, 0) is 44.1 Å². The molecule has 8 rings (SSSR count). The molecule has 0 aromatic heterocycles. The van der Waals surface area contributed by atoms with E-state index in [2.05, 4.69) is 0 Å². The summed E-state index contributed by atoms with van der Waals surface area (Å²) in [7, 11) is 1.51. The molecule has 41 heavy (non-hydrogen) atoms. The van der Waals surface area contributed by atoms with E-state index in [1.807, 2.05) is 19.9 Å². The number of hydrogen-bond donors (Lipinski definition) is 3. The molecule has 13 atom stereocenters. The molecule has 4 aliphatic carbocycles. The van der Waals surface area contributed by atoms with E-state index in [9.17, 15) is 24.9 Å².